The number of hydrogen-bond acceptors (Lipinski definition) is 4. The highest BCUT2D eigenvalue weighted by molar-refractivity contribution is 5.69. The molecule has 5 nitrogen and oxygen atoms in total. The Morgan fingerprint density at radius 3 is 2.76 bits per heavy atom. The van der Waals surface area contributed by atoms with Crippen molar-refractivity contribution in [2.75, 3.05) is 0 Å². The highest BCUT2D eigenvalue weighted by Gasteiger charge is 2.13. The molecule has 0 radical (unpaired) electrons. The molecule has 3 rings (SSSR count). The summed E-state index contributed by atoms with van der Waals surface area (Å²) in [6.45, 7) is -0.0851. The predicted molar refractivity (Wildman–Crippen MR) is 62.1 cm³/mol. The molecule has 0 aliphatic carbocycles. The van der Waals surface area contributed by atoms with Crippen molar-refractivity contribution >= 4 is 5.65 Å². The van der Waals surface area contributed by atoms with Crippen LogP contribution in [0.25, 0.3) is 16.9 Å². The first-order valence-corrected chi connectivity index (χ1v) is 5.23. The molecule has 5 heteroatoms. The predicted octanol–water partition coefficient (Wildman–Crippen LogP) is 1.28. The summed E-state index contributed by atoms with van der Waals surface area (Å²) in [6.07, 6.45) is 6.90. The van der Waals surface area contributed by atoms with Gasteiger partial charge in [0.05, 0.1) is 12.2 Å². The van der Waals surface area contributed by atoms with Gasteiger partial charge in [-0.2, -0.15) is 5.10 Å². The molecule has 0 fully saturated rings. The lowest BCUT2D eigenvalue weighted by molar-refractivity contribution is 0.283. The molecule has 84 valence electrons. The third kappa shape index (κ3) is 1.57. The van der Waals surface area contributed by atoms with Crippen LogP contribution in [0.4, 0.5) is 0 Å². The van der Waals surface area contributed by atoms with E-state index in [1.165, 1.54) is 0 Å². The number of pyridine rings is 1. The van der Waals surface area contributed by atoms with Crippen LogP contribution in [-0.4, -0.2) is 24.7 Å². The molecular formula is C12H10N4O. The van der Waals surface area contributed by atoms with Crippen molar-refractivity contribution in [3.63, 3.8) is 0 Å². The van der Waals surface area contributed by atoms with Crippen molar-refractivity contribution in [3.05, 3.63) is 48.5 Å². The van der Waals surface area contributed by atoms with Crippen LogP contribution in [0, 0.1) is 0 Å². The van der Waals surface area contributed by atoms with Gasteiger partial charge < -0.3 is 5.11 Å². The zero-order valence-electron chi connectivity index (χ0n) is 8.98. The van der Waals surface area contributed by atoms with Crippen LogP contribution in [0.1, 0.15) is 5.56 Å². The first-order valence-electron chi connectivity index (χ1n) is 5.23. The van der Waals surface area contributed by atoms with Crippen molar-refractivity contribution in [1.82, 2.24) is 19.6 Å². The van der Waals surface area contributed by atoms with Gasteiger partial charge in [-0.05, 0) is 18.2 Å². The average molecular weight is 226 g/mol. The largest absolute Gasteiger partial charge is 0.391 e. The van der Waals surface area contributed by atoms with E-state index in [0.29, 0.717) is 5.65 Å². The number of aliphatic hydroxyl groups is 1. The Morgan fingerprint density at radius 2 is 2.00 bits per heavy atom. The van der Waals surface area contributed by atoms with E-state index in [-0.39, 0.29) is 6.61 Å². The molecule has 3 heterocycles. The molecule has 1 N–H and O–H groups in total. The summed E-state index contributed by atoms with van der Waals surface area (Å²) in [5.41, 5.74) is 3.08. The maximum Gasteiger partial charge on any atom is 0.161 e. The van der Waals surface area contributed by atoms with Gasteiger partial charge in [0.25, 0.3) is 0 Å². The second-order valence-corrected chi connectivity index (χ2v) is 3.61. The number of rotatable bonds is 2. The van der Waals surface area contributed by atoms with Gasteiger partial charge in [-0.25, -0.2) is 9.50 Å². The van der Waals surface area contributed by atoms with Crippen LogP contribution >= 0.6 is 0 Å². The van der Waals surface area contributed by atoms with Gasteiger partial charge in [0.2, 0.25) is 0 Å². The first kappa shape index (κ1) is 9.92. The molecule has 17 heavy (non-hydrogen) atoms. The van der Waals surface area contributed by atoms with Crippen molar-refractivity contribution in [1.29, 1.82) is 0 Å². The Kier molecular flexibility index (Phi) is 2.31. The van der Waals surface area contributed by atoms with Crippen molar-refractivity contribution in [2.24, 2.45) is 0 Å². The maximum atomic E-state index is 9.46. The number of fused-ring (bicyclic) bond motifs is 1. The SMILES string of the molecule is OCc1c(-c2ccncc2)nn2cccnc12. The van der Waals surface area contributed by atoms with Crippen molar-refractivity contribution in [2.45, 2.75) is 6.61 Å². The lowest BCUT2D eigenvalue weighted by Gasteiger charge is -1.97. The molecule has 0 aliphatic rings. The topological polar surface area (TPSA) is 63.3 Å². The molecule has 0 atom stereocenters. The van der Waals surface area contributed by atoms with Crippen LogP contribution in [-0.2, 0) is 6.61 Å². The Balaban J connectivity index is 2.30. The third-order valence-corrected chi connectivity index (χ3v) is 2.60. The minimum atomic E-state index is -0.0851. The van der Waals surface area contributed by atoms with Gasteiger partial charge in [0.15, 0.2) is 5.65 Å². The highest BCUT2D eigenvalue weighted by atomic mass is 16.3. The van der Waals surface area contributed by atoms with E-state index in [4.69, 9.17) is 0 Å². The average Bonchev–Trinajstić information content (AvgIpc) is 2.78. The Hall–Kier alpha value is -2.27. The quantitative estimate of drug-likeness (QED) is 0.715. The molecule has 0 spiro atoms. The molecule has 0 aromatic carbocycles. The summed E-state index contributed by atoms with van der Waals surface area (Å²) in [7, 11) is 0. The first-order chi connectivity index (χ1) is 8.40. The fraction of sp³-hybridized carbons (Fsp3) is 0.0833. The van der Waals surface area contributed by atoms with Gasteiger partial charge in [-0.3, -0.25) is 4.98 Å². The van der Waals surface area contributed by atoms with E-state index in [1.54, 1.807) is 29.2 Å². The number of nitrogens with zero attached hydrogens (tertiary/aromatic N) is 4. The lowest BCUT2D eigenvalue weighted by Crippen LogP contribution is -1.89. The zero-order chi connectivity index (χ0) is 11.7. The molecular weight excluding hydrogens is 216 g/mol. The Morgan fingerprint density at radius 1 is 1.18 bits per heavy atom. The summed E-state index contributed by atoms with van der Waals surface area (Å²) in [6, 6.07) is 5.53. The summed E-state index contributed by atoms with van der Waals surface area (Å²) in [5, 5.41) is 13.9. The summed E-state index contributed by atoms with van der Waals surface area (Å²) in [4.78, 5) is 8.19. The van der Waals surface area contributed by atoms with Gasteiger partial charge in [-0.15, -0.1) is 0 Å². The van der Waals surface area contributed by atoms with Crippen molar-refractivity contribution in [3.8, 4) is 11.3 Å². The normalized spacial score (nSPS) is 10.9. The van der Waals surface area contributed by atoms with E-state index >= 15 is 0 Å². The maximum absolute atomic E-state index is 9.46. The van der Waals surface area contributed by atoms with E-state index in [2.05, 4.69) is 15.1 Å². The summed E-state index contributed by atoms with van der Waals surface area (Å²) >= 11 is 0. The van der Waals surface area contributed by atoms with Crippen LogP contribution < -0.4 is 0 Å². The fourth-order valence-corrected chi connectivity index (χ4v) is 1.82. The Labute approximate surface area is 97.4 Å². The van der Waals surface area contributed by atoms with Gasteiger partial charge >= 0.3 is 0 Å². The molecule has 0 saturated heterocycles. The van der Waals surface area contributed by atoms with Crippen LogP contribution in [0.5, 0.6) is 0 Å². The minimum Gasteiger partial charge on any atom is -0.391 e. The van der Waals surface area contributed by atoms with Crippen LogP contribution in [0.15, 0.2) is 43.0 Å². The number of aromatic nitrogens is 4. The number of aliphatic hydroxyl groups excluding tert-OH is 1. The van der Waals surface area contributed by atoms with Crippen molar-refractivity contribution < 1.29 is 5.11 Å². The molecule has 3 aromatic rings. The second kappa shape index (κ2) is 3.95. The molecule has 0 amide bonds. The Bertz CT molecular complexity index is 648. The lowest BCUT2D eigenvalue weighted by atomic mass is 10.1. The number of hydrogen-bond donors (Lipinski definition) is 1. The van der Waals surface area contributed by atoms with Gasteiger partial charge in [0, 0.05) is 30.4 Å². The van der Waals surface area contributed by atoms with Gasteiger partial charge in [0.1, 0.15) is 5.69 Å². The monoisotopic (exact) mass is 226 g/mol. The molecule has 0 unspecified atom stereocenters. The van der Waals surface area contributed by atoms with Gasteiger partial charge in [-0.1, -0.05) is 0 Å². The standard InChI is InChI=1S/C12H10N4O/c17-8-10-11(9-2-5-13-6-3-9)15-16-7-1-4-14-12(10)16/h1-7,17H,8H2. The van der Waals surface area contributed by atoms with E-state index in [9.17, 15) is 5.11 Å². The smallest absolute Gasteiger partial charge is 0.161 e. The fourth-order valence-electron chi connectivity index (χ4n) is 1.82. The zero-order valence-corrected chi connectivity index (χ0v) is 8.98. The molecule has 0 aliphatic heterocycles. The molecule has 0 bridgehead atoms. The van der Waals surface area contributed by atoms with E-state index < -0.39 is 0 Å². The summed E-state index contributed by atoms with van der Waals surface area (Å²) in [5.74, 6) is 0. The highest BCUT2D eigenvalue weighted by Crippen LogP contribution is 2.24. The van der Waals surface area contributed by atoms with Crippen LogP contribution in [0.2, 0.25) is 0 Å². The molecule has 3 aromatic heterocycles. The second-order valence-electron chi connectivity index (χ2n) is 3.61. The molecule has 0 saturated carbocycles. The van der Waals surface area contributed by atoms with Crippen LogP contribution in [0.3, 0.4) is 0 Å². The van der Waals surface area contributed by atoms with E-state index in [1.807, 2.05) is 18.3 Å². The minimum absolute atomic E-state index is 0.0851. The van der Waals surface area contributed by atoms with E-state index in [0.717, 1.165) is 16.8 Å². The third-order valence-electron chi connectivity index (χ3n) is 2.60. The summed E-state index contributed by atoms with van der Waals surface area (Å²) < 4.78 is 1.67.